The summed E-state index contributed by atoms with van der Waals surface area (Å²) < 4.78 is 0. The maximum atomic E-state index is 12.1. The van der Waals surface area contributed by atoms with Crippen LogP contribution in [0.2, 0.25) is 0 Å². The minimum absolute atomic E-state index is 0.190. The second-order valence-corrected chi connectivity index (χ2v) is 7.17. The van der Waals surface area contributed by atoms with E-state index < -0.39 is 6.03 Å². The molecular weight excluding hydrogens is 330 g/mol. The summed E-state index contributed by atoms with van der Waals surface area (Å²) in [6.07, 6.45) is 0.838. The van der Waals surface area contributed by atoms with Gasteiger partial charge in [-0.05, 0) is 29.3 Å². The molecule has 0 atom stereocenters. The number of amides is 3. The van der Waals surface area contributed by atoms with E-state index in [9.17, 15) is 9.59 Å². The number of nitrogens with one attached hydrogen (secondary N) is 2. The summed E-state index contributed by atoms with van der Waals surface area (Å²) in [6, 6.07) is 7.68. The largest absolute Gasteiger partial charge is 0.338 e. The predicted molar refractivity (Wildman–Crippen MR) is 94.6 cm³/mol. The third-order valence-corrected chi connectivity index (χ3v) is 4.80. The number of thiophene rings is 2. The SMILES string of the molecule is CCCNC(=O)NC(=O)CN(Cc1cccs1)Cc1cccs1. The first-order valence-corrected chi connectivity index (χ1v) is 9.28. The van der Waals surface area contributed by atoms with Crippen molar-refractivity contribution in [2.24, 2.45) is 0 Å². The standard InChI is InChI=1S/C16H21N3O2S2/c1-2-7-17-16(21)18-15(20)12-19(10-13-5-3-8-22-13)11-14-6-4-9-23-14/h3-6,8-9H,2,7,10-12H2,1H3,(H2,17,18,20,21). The van der Waals surface area contributed by atoms with E-state index in [1.807, 2.05) is 34.7 Å². The summed E-state index contributed by atoms with van der Waals surface area (Å²) in [5.41, 5.74) is 0. The molecule has 0 aliphatic heterocycles. The first kappa shape index (κ1) is 17.7. The molecule has 2 rings (SSSR count). The molecule has 0 aliphatic rings. The fourth-order valence-corrected chi connectivity index (χ4v) is 3.56. The lowest BCUT2D eigenvalue weighted by molar-refractivity contribution is -0.121. The smallest absolute Gasteiger partial charge is 0.321 e. The maximum absolute atomic E-state index is 12.1. The van der Waals surface area contributed by atoms with Crippen LogP contribution in [-0.2, 0) is 17.9 Å². The van der Waals surface area contributed by atoms with E-state index in [1.54, 1.807) is 22.7 Å². The molecule has 0 saturated heterocycles. The Kier molecular flexibility index (Phi) is 7.25. The van der Waals surface area contributed by atoms with E-state index in [0.29, 0.717) is 19.6 Å². The van der Waals surface area contributed by atoms with Crippen LogP contribution in [0.3, 0.4) is 0 Å². The highest BCUT2D eigenvalue weighted by molar-refractivity contribution is 7.10. The Morgan fingerprint density at radius 3 is 2.17 bits per heavy atom. The summed E-state index contributed by atoms with van der Waals surface area (Å²) in [6.45, 7) is 4.10. The van der Waals surface area contributed by atoms with Crippen molar-refractivity contribution in [1.82, 2.24) is 15.5 Å². The molecule has 23 heavy (non-hydrogen) atoms. The van der Waals surface area contributed by atoms with Crippen molar-refractivity contribution in [3.63, 3.8) is 0 Å². The molecular formula is C16H21N3O2S2. The molecule has 0 radical (unpaired) electrons. The van der Waals surface area contributed by atoms with Crippen LogP contribution in [0.25, 0.3) is 0 Å². The van der Waals surface area contributed by atoms with Crippen molar-refractivity contribution < 1.29 is 9.59 Å². The third kappa shape index (κ3) is 6.52. The van der Waals surface area contributed by atoms with Gasteiger partial charge in [-0.2, -0.15) is 0 Å². The summed E-state index contributed by atoms with van der Waals surface area (Å²) in [7, 11) is 0. The number of imide groups is 1. The van der Waals surface area contributed by atoms with Crippen molar-refractivity contribution in [3.05, 3.63) is 44.8 Å². The number of carbonyl (C=O) groups excluding carboxylic acids is 2. The Morgan fingerprint density at radius 1 is 1.09 bits per heavy atom. The van der Waals surface area contributed by atoms with Crippen LogP contribution in [0.1, 0.15) is 23.1 Å². The molecule has 3 amide bonds. The van der Waals surface area contributed by atoms with Gasteiger partial charge in [0.25, 0.3) is 0 Å². The van der Waals surface area contributed by atoms with Crippen LogP contribution in [0.4, 0.5) is 4.79 Å². The predicted octanol–water partition coefficient (Wildman–Crippen LogP) is 3.05. The minimum atomic E-state index is -0.427. The molecule has 2 aromatic heterocycles. The number of nitrogens with zero attached hydrogens (tertiary/aromatic N) is 1. The molecule has 0 saturated carbocycles. The van der Waals surface area contributed by atoms with Crippen LogP contribution in [0, 0.1) is 0 Å². The second kappa shape index (κ2) is 9.44. The summed E-state index contributed by atoms with van der Waals surface area (Å²) >= 11 is 3.33. The van der Waals surface area contributed by atoms with Gasteiger partial charge in [-0.15, -0.1) is 22.7 Å². The summed E-state index contributed by atoms with van der Waals surface area (Å²) in [5.74, 6) is -0.285. The fourth-order valence-electron chi connectivity index (χ4n) is 2.07. The fraction of sp³-hybridized carbons (Fsp3) is 0.375. The van der Waals surface area contributed by atoms with Gasteiger partial charge in [-0.25, -0.2) is 4.79 Å². The van der Waals surface area contributed by atoms with Gasteiger partial charge in [0.1, 0.15) is 0 Å². The van der Waals surface area contributed by atoms with Gasteiger partial charge in [0.05, 0.1) is 6.54 Å². The monoisotopic (exact) mass is 351 g/mol. The molecule has 5 nitrogen and oxygen atoms in total. The molecule has 0 fully saturated rings. The van der Waals surface area contributed by atoms with Gasteiger partial charge in [0, 0.05) is 29.4 Å². The van der Waals surface area contributed by atoms with Crippen LogP contribution >= 0.6 is 22.7 Å². The van der Waals surface area contributed by atoms with E-state index in [2.05, 4.69) is 22.8 Å². The number of rotatable bonds is 8. The van der Waals surface area contributed by atoms with E-state index in [1.165, 1.54) is 9.75 Å². The van der Waals surface area contributed by atoms with Crippen molar-refractivity contribution in [2.45, 2.75) is 26.4 Å². The van der Waals surface area contributed by atoms with Gasteiger partial charge >= 0.3 is 6.03 Å². The van der Waals surface area contributed by atoms with Gasteiger partial charge < -0.3 is 5.32 Å². The molecule has 124 valence electrons. The number of carbonyl (C=O) groups is 2. The molecule has 2 N–H and O–H groups in total. The van der Waals surface area contributed by atoms with Gasteiger partial charge in [0.2, 0.25) is 5.91 Å². The second-order valence-electron chi connectivity index (χ2n) is 5.11. The molecule has 2 aromatic rings. The highest BCUT2D eigenvalue weighted by atomic mass is 32.1. The van der Waals surface area contributed by atoms with Crippen LogP contribution < -0.4 is 10.6 Å². The minimum Gasteiger partial charge on any atom is -0.338 e. The molecule has 2 heterocycles. The van der Waals surface area contributed by atoms with Crippen molar-refractivity contribution in [2.75, 3.05) is 13.1 Å². The lowest BCUT2D eigenvalue weighted by Gasteiger charge is -2.20. The number of urea groups is 1. The summed E-state index contributed by atoms with van der Waals surface area (Å²) in [5, 5.41) is 9.07. The van der Waals surface area contributed by atoms with Crippen molar-refractivity contribution >= 4 is 34.6 Å². The Balaban J connectivity index is 1.90. The van der Waals surface area contributed by atoms with Gasteiger partial charge in [0.15, 0.2) is 0 Å². The molecule has 0 bridgehead atoms. The van der Waals surface area contributed by atoms with Crippen LogP contribution in [-0.4, -0.2) is 29.9 Å². The molecule has 0 aromatic carbocycles. The van der Waals surface area contributed by atoms with E-state index in [4.69, 9.17) is 0 Å². The van der Waals surface area contributed by atoms with Gasteiger partial charge in [-0.1, -0.05) is 19.1 Å². The average molecular weight is 351 g/mol. The average Bonchev–Trinajstić information content (AvgIpc) is 3.18. The lowest BCUT2D eigenvalue weighted by Crippen LogP contribution is -2.44. The highest BCUT2D eigenvalue weighted by Crippen LogP contribution is 2.16. The first-order chi connectivity index (χ1) is 11.2. The zero-order valence-corrected chi connectivity index (χ0v) is 14.7. The normalized spacial score (nSPS) is 10.7. The van der Waals surface area contributed by atoms with E-state index >= 15 is 0 Å². The first-order valence-electron chi connectivity index (χ1n) is 7.52. The quantitative estimate of drug-likeness (QED) is 0.768. The number of hydrogen-bond acceptors (Lipinski definition) is 5. The Bertz CT molecular complexity index is 561. The molecule has 0 spiro atoms. The Labute approximate surface area is 144 Å². The number of hydrogen-bond donors (Lipinski definition) is 2. The van der Waals surface area contributed by atoms with Crippen LogP contribution in [0.5, 0.6) is 0 Å². The zero-order chi connectivity index (χ0) is 16.5. The summed E-state index contributed by atoms with van der Waals surface area (Å²) in [4.78, 5) is 28.1. The highest BCUT2D eigenvalue weighted by Gasteiger charge is 2.15. The Morgan fingerprint density at radius 2 is 1.70 bits per heavy atom. The molecule has 0 aliphatic carbocycles. The van der Waals surface area contributed by atoms with E-state index in [0.717, 1.165) is 6.42 Å². The maximum Gasteiger partial charge on any atom is 0.321 e. The lowest BCUT2D eigenvalue weighted by atomic mass is 10.3. The van der Waals surface area contributed by atoms with Crippen molar-refractivity contribution in [1.29, 1.82) is 0 Å². The molecule has 7 heteroatoms. The Hall–Kier alpha value is -1.70. The van der Waals surface area contributed by atoms with Crippen LogP contribution in [0.15, 0.2) is 35.0 Å². The molecule has 0 unspecified atom stereocenters. The topological polar surface area (TPSA) is 61.4 Å². The van der Waals surface area contributed by atoms with E-state index in [-0.39, 0.29) is 12.5 Å². The van der Waals surface area contributed by atoms with Gasteiger partial charge in [-0.3, -0.25) is 15.0 Å². The zero-order valence-electron chi connectivity index (χ0n) is 13.1. The van der Waals surface area contributed by atoms with Crippen molar-refractivity contribution in [3.8, 4) is 0 Å². The third-order valence-electron chi connectivity index (χ3n) is 3.07.